The molecule has 0 spiro atoms. The average molecular weight is 273 g/mol. The topological polar surface area (TPSA) is 61.6 Å². The molecule has 0 fully saturated rings. The maximum Gasteiger partial charge on any atom is 0.275 e. The minimum Gasteiger partial charge on any atom is -0.497 e. The lowest BCUT2D eigenvalue weighted by Gasteiger charge is -2.17. The van der Waals surface area contributed by atoms with Crippen LogP contribution in [0.1, 0.15) is 17.2 Å². The standard InChI is InChI=1S/C15H15NO4/c1-19-12-8-9-14(16(17)18)13(10-12)15(20-2)11-6-4-3-5-7-11/h3-10,15H,1-2H3. The van der Waals surface area contributed by atoms with Crippen LogP contribution >= 0.6 is 0 Å². The van der Waals surface area contributed by atoms with Crippen molar-refractivity contribution in [2.75, 3.05) is 14.2 Å². The highest BCUT2D eigenvalue weighted by Gasteiger charge is 2.24. The Kier molecular flexibility index (Phi) is 4.32. The van der Waals surface area contributed by atoms with E-state index in [9.17, 15) is 10.1 Å². The normalized spacial score (nSPS) is 11.9. The number of hydrogen-bond acceptors (Lipinski definition) is 4. The molecule has 0 saturated heterocycles. The fourth-order valence-electron chi connectivity index (χ4n) is 2.11. The number of methoxy groups -OCH3 is 2. The molecule has 0 aliphatic heterocycles. The number of nitro benzene ring substituents is 1. The first-order valence-corrected chi connectivity index (χ1v) is 6.07. The number of rotatable bonds is 5. The van der Waals surface area contributed by atoms with E-state index < -0.39 is 11.0 Å². The van der Waals surface area contributed by atoms with Crippen molar-refractivity contribution in [3.05, 3.63) is 69.8 Å². The van der Waals surface area contributed by atoms with Crippen LogP contribution in [0.15, 0.2) is 48.5 Å². The maximum absolute atomic E-state index is 11.2. The van der Waals surface area contributed by atoms with E-state index in [1.54, 1.807) is 12.1 Å². The predicted octanol–water partition coefficient (Wildman–Crippen LogP) is 3.34. The molecule has 1 unspecified atom stereocenters. The molecule has 20 heavy (non-hydrogen) atoms. The second-order valence-corrected chi connectivity index (χ2v) is 4.21. The summed E-state index contributed by atoms with van der Waals surface area (Å²) >= 11 is 0. The molecule has 0 aliphatic rings. The van der Waals surface area contributed by atoms with Crippen LogP contribution < -0.4 is 4.74 Å². The van der Waals surface area contributed by atoms with Gasteiger partial charge < -0.3 is 9.47 Å². The van der Waals surface area contributed by atoms with Gasteiger partial charge in [-0.2, -0.15) is 0 Å². The summed E-state index contributed by atoms with van der Waals surface area (Å²) < 4.78 is 10.6. The number of hydrogen-bond donors (Lipinski definition) is 0. The van der Waals surface area contributed by atoms with E-state index in [1.807, 2.05) is 30.3 Å². The number of nitro groups is 1. The zero-order chi connectivity index (χ0) is 14.5. The summed E-state index contributed by atoms with van der Waals surface area (Å²) in [5.74, 6) is 0.559. The van der Waals surface area contributed by atoms with Crippen molar-refractivity contribution in [3.8, 4) is 5.75 Å². The van der Waals surface area contributed by atoms with Gasteiger partial charge in [-0.15, -0.1) is 0 Å². The van der Waals surface area contributed by atoms with Gasteiger partial charge in [0.1, 0.15) is 11.9 Å². The van der Waals surface area contributed by atoms with Crippen molar-refractivity contribution < 1.29 is 14.4 Å². The summed E-state index contributed by atoms with van der Waals surface area (Å²) in [6.07, 6.45) is -0.508. The molecule has 104 valence electrons. The van der Waals surface area contributed by atoms with Crippen molar-refractivity contribution >= 4 is 5.69 Å². The van der Waals surface area contributed by atoms with Crippen molar-refractivity contribution in [1.82, 2.24) is 0 Å². The lowest BCUT2D eigenvalue weighted by molar-refractivity contribution is -0.386. The van der Waals surface area contributed by atoms with Gasteiger partial charge in [-0.25, -0.2) is 0 Å². The summed E-state index contributed by atoms with van der Waals surface area (Å²) in [5.41, 5.74) is 1.34. The van der Waals surface area contributed by atoms with Crippen LogP contribution in [0.25, 0.3) is 0 Å². The Morgan fingerprint density at radius 3 is 2.35 bits per heavy atom. The van der Waals surface area contributed by atoms with E-state index in [2.05, 4.69) is 0 Å². The summed E-state index contributed by atoms with van der Waals surface area (Å²) in [6.45, 7) is 0. The average Bonchev–Trinajstić information content (AvgIpc) is 2.48. The third-order valence-electron chi connectivity index (χ3n) is 3.05. The first-order chi connectivity index (χ1) is 9.67. The number of ether oxygens (including phenoxy) is 2. The number of benzene rings is 2. The fraction of sp³-hybridized carbons (Fsp3) is 0.200. The van der Waals surface area contributed by atoms with E-state index in [-0.39, 0.29) is 5.69 Å². The van der Waals surface area contributed by atoms with Crippen LogP contribution in [-0.2, 0) is 4.74 Å². The second-order valence-electron chi connectivity index (χ2n) is 4.21. The summed E-state index contributed by atoms with van der Waals surface area (Å²) in [7, 11) is 3.05. The van der Waals surface area contributed by atoms with E-state index in [0.717, 1.165) is 5.56 Å². The lowest BCUT2D eigenvalue weighted by atomic mass is 9.99. The third kappa shape index (κ3) is 2.78. The summed E-state index contributed by atoms with van der Waals surface area (Å²) in [6, 6.07) is 14.0. The molecular formula is C15H15NO4. The van der Waals surface area contributed by atoms with Gasteiger partial charge in [-0.1, -0.05) is 30.3 Å². The molecule has 1 atom stereocenters. The second kappa shape index (κ2) is 6.16. The molecule has 2 rings (SSSR count). The highest BCUT2D eigenvalue weighted by molar-refractivity contribution is 5.49. The van der Waals surface area contributed by atoms with E-state index in [1.165, 1.54) is 20.3 Å². The maximum atomic E-state index is 11.2. The minimum absolute atomic E-state index is 0.0153. The van der Waals surface area contributed by atoms with Gasteiger partial charge in [0.25, 0.3) is 5.69 Å². The SMILES string of the molecule is COc1ccc([N+](=O)[O-])c(C(OC)c2ccccc2)c1. The quantitative estimate of drug-likeness (QED) is 0.619. The Balaban J connectivity index is 2.55. The van der Waals surface area contributed by atoms with Gasteiger partial charge in [0.05, 0.1) is 17.6 Å². The molecule has 0 saturated carbocycles. The molecule has 0 amide bonds. The molecule has 0 aromatic heterocycles. The van der Waals surface area contributed by atoms with Crippen LogP contribution in [-0.4, -0.2) is 19.1 Å². The molecule has 0 aliphatic carbocycles. The lowest BCUT2D eigenvalue weighted by Crippen LogP contribution is -2.07. The van der Waals surface area contributed by atoms with Crippen molar-refractivity contribution in [2.45, 2.75) is 6.10 Å². The Morgan fingerprint density at radius 2 is 1.80 bits per heavy atom. The summed E-state index contributed by atoms with van der Waals surface area (Å²) in [5, 5.41) is 11.2. The number of nitrogens with zero attached hydrogens (tertiary/aromatic N) is 1. The van der Waals surface area contributed by atoms with Gasteiger partial charge in [-0.3, -0.25) is 10.1 Å². The largest absolute Gasteiger partial charge is 0.497 e. The van der Waals surface area contributed by atoms with Gasteiger partial charge in [0, 0.05) is 13.2 Å². The minimum atomic E-state index is -0.508. The molecular weight excluding hydrogens is 258 g/mol. The molecule has 0 bridgehead atoms. The first-order valence-electron chi connectivity index (χ1n) is 6.07. The zero-order valence-corrected chi connectivity index (χ0v) is 11.3. The first kappa shape index (κ1) is 14.0. The van der Waals surface area contributed by atoms with Crippen molar-refractivity contribution in [3.63, 3.8) is 0 Å². The van der Waals surface area contributed by atoms with Crippen LogP contribution in [0, 0.1) is 10.1 Å². The highest BCUT2D eigenvalue weighted by Crippen LogP contribution is 2.34. The summed E-state index contributed by atoms with van der Waals surface area (Å²) in [4.78, 5) is 10.8. The van der Waals surface area contributed by atoms with Gasteiger partial charge in [-0.05, 0) is 17.7 Å². The Hall–Kier alpha value is -2.40. The Labute approximate surface area is 116 Å². The molecule has 0 N–H and O–H groups in total. The van der Waals surface area contributed by atoms with Crippen LogP contribution in [0.2, 0.25) is 0 Å². The molecule has 5 heteroatoms. The molecule has 0 radical (unpaired) electrons. The van der Waals surface area contributed by atoms with E-state index in [0.29, 0.717) is 11.3 Å². The third-order valence-corrected chi connectivity index (χ3v) is 3.05. The van der Waals surface area contributed by atoms with Crippen molar-refractivity contribution in [2.24, 2.45) is 0 Å². The molecule has 2 aromatic carbocycles. The molecule has 2 aromatic rings. The Morgan fingerprint density at radius 1 is 1.10 bits per heavy atom. The van der Waals surface area contributed by atoms with Gasteiger partial charge in [0.2, 0.25) is 0 Å². The van der Waals surface area contributed by atoms with E-state index >= 15 is 0 Å². The Bertz CT molecular complexity index is 598. The molecule has 0 heterocycles. The smallest absolute Gasteiger partial charge is 0.275 e. The highest BCUT2D eigenvalue weighted by atomic mass is 16.6. The monoisotopic (exact) mass is 273 g/mol. The zero-order valence-electron chi connectivity index (χ0n) is 11.3. The van der Waals surface area contributed by atoms with Crippen LogP contribution in [0.4, 0.5) is 5.69 Å². The van der Waals surface area contributed by atoms with Crippen molar-refractivity contribution in [1.29, 1.82) is 0 Å². The van der Waals surface area contributed by atoms with Gasteiger partial charge in [0.15, 0.2) is 0 Å². The predicted molar refractivity (Wildman–Crippen MR) is 74.9 cm³/mol. The van der Waals surface area contributed by atoms with Crippen LogP contribution in [0.3, 0.4) is 0 Å². The fourth-order valence-corrected chi connectivity index (χ4v) is 2.11. The molecule has 5 nitrogen and oxygen atoms in total. The van der Waals surface area contributed by atoms with E-state index in [4.69, 9.17) is 9.47 Å². The van der Waals surface area contributed by atoms with Gasteiger partial charge >= 0.3 is 0 Å². The van der Waals surface area contributed by atoms with Crippen LogP contribution in [0.5, 0.6) is 5.75 Å².